The maximum absolute atomic E-state index is 11.9. The molecule has 1 heterocycles. The summed E-state index contributed by atoms with van der Waals surface area (Å²) in [7, 11) is 0. The topological polar surface area (TPSA) is 50.4 Å². The lowest BCUT2D eigenvalue weighted by molar-refractivity contribution is -0.122. The second-order valence-electron chi connectivity index (χ2n) is 5.14. The highest BCUT2D eigenvalue weighted by Gasteiger charge is 2.21. The van der Waals surface area contributed by atoms with Gasteiger partial charge in [0.05, 0.1) is 12.1 Å². The maximum atomic E-state index is 11.9. The zero-order valence-corrected chi connectivity index (χ0v) is 12.8. The monoisotopic (exact) mass is 298 g/mol. The van der Waals surface area contributed by atoms with Crippen LogP contribution in [0.5, 0.6) is 5.75 Å². The SMILES string of the molecule is CC(C)Oc1ccccc1CNC(=O)C1CCCN1.Cl. The number of hydrogen-bond donors (Lipinski definition) is 2. The van der Waals surface area contributed by atoms with E-state index in [1.54, 1.807) is 0 Å². The molecule has 1 saturated heterocycles. The first kappa shape index (κ1) is 16.8. The number of nitrogens with one attached hydrogen (secondary N) is 2. The zero-order chi connectivity index (χ0) is 13.7. The Morgan fingerprint density at radius 2 is 2.20 bits per heavy atom. The lowest BCUT2D eigenvalue weighted by Gasteiger charge is -2.16. The third-order valence-corrected chi connectivity index (χ3v) is 3.17. The van der Waals surface area contributed by atoms with Crippen LogP contribution >= 0.6 is 12.4 Å². The summed E-state index contributed by atoms with van der Waals surface area (Å²) in [5.74, 6) is 0.925. The van der Waals surface area contributed by atoms with Crippen molar-refractivity contribution in [2.24, 2.45) is 0 Å². The number of benzene rings is 1. The highest BCUT2D eigenvalue weighted by Crippen LogP contribution is 2.19. The van der Waals surface area contributed by atoms with Crippen LogP contribution in [0, 0.1) is 0 Å². The summed E-state index contributed by atoms with van der Waals surface area (Å²) in [5.41, 5.74) is 1.02. The first-order valence-corrected chi connectivity index (χ1v) is 6.92. The second-order valence-corrected chi connectivity index (χ2v) is 5.14. The van der Waals surface area contributed by atoms with E-state index in [0.717, 1.165) is 30.7 Å². The molecule has 4 nitrogen and oxygen atoms in total. The van der Waals surface area contributed by atoms with Crippen molar-refractivity contribution in [1.29, 1.82) is 0 Å². The molecule has 1 amide bonds. The van der Waals surface area contributed by atoms with Crippen LogP contribution in [0.1, 0.15) is 32.3 Å². The van der Waals surface area contributed by atoms with Crippen LogP contribution < -0.4 is 15.4 Å². The first-order valence-electron chi connectivity index (χ1n) is 6.92. The molecule has 1 aromatic carbocycles. The van der Waals surface area contributed by atoms with E-state index < -0.39 is 0 Å². The summed E-state index contributed by atoms with van der Waals surface area (Å²) in [6.45, 7) is 5.45. The summed E-state index contributed by atoms with van der Waals surface area (Å²) in [5, 5.41) is 6.17. The summed E-state index contributed by atoms with van der Waals surface area (Å²) < 4.78 is 5.74. The Hall–Kier alpha value is -1.26. The van der Waals surface area contributed by atoms with Crippen LogP contribution in [0.4, 0.5) is 0 Å². The molecular weight excluding hydrogens is 276 g/mol. The minimum atomic E-state index is -0.0295. The average Bonchev–Trinajstić information content (AvgIpc) is 2.90. The van der Waals surface area contributed by atoms with Gasteiger partial charge in [0.2, 0.25) is 5.91 Å². The number of rotatable bonds is 5. The molecule has 1 fully saturated rings. The average molecular weight is 299 g/mol. The molecular formula is C15H23ClN2O2. The fourth-order valence-corrected chi connectivity index (χ4v) is 2.23. The van der Waals surface area contributed by atoms with E-state index in [4.69, 9.17) is 4.74 Å². The van der Waals surface area contributed by atoms with E-state index in [1.807, 2.05) is 38.1 Å². The number of ether oxygens (including phenoxy) is 1. The van der Waals surface area contributed by atoms with Crippen LogP contribution in [-0.2, 0) is 11.3 Å². The molecule has 0 bridgehead atoms. The molecule has 0 aromatic heterocycles. The Morgan fingerprint density at radius 1 is 1.45 bits per heavy atom. The molecule has 2 N–H and O–H groups in total. The zero-order valence-electron chi connectivity index (χ0n) is 12.0. The summed E-state index contributed by atoms with van der Waals surface area (Å²) in [4.78, 5) is 11.9. The van der Waals surface area contributed by atoms with Crippen LogP contribution in [0.3, 0.4) is 0 Å². The van der Waals surface area contributed by atoms with Crippen molar-refractivity contribution in [2.45, 2.75) is 45.4 Å². The molecule has 0 spiro atoms. The van der Waals surface area contributed by atoms with Crippen molar-refractivity contribution in [2.75, 3.05) is 6.54 Å². The number of carbonyl (C=O) groups is 1. The first-order chi connectivity index (χ1) is 9.16. The normalized spacial score (nSPS) is 17.6. The highest BCUT2D eigenvalue weighted by atomic mass is 35.5. The highest BCUT2D eigenvalue weighted by molar-refractivity contribution is 5.85. The van der Waals surface area contributed by atoms with Gasteiger partial charge >= 0.3 is 0 Å². The Morgan fingerprint density at radius 3 is 2.85 bits per heavy atom. The Kier molecular flexibility index (Phi) is 6.82. The smallest absolute Gasteiger partial charge is 0.237 e. The van der Waals surface area contributed by atoms with Crippen molar-refractivity contribution in [1.82, 2.24) is 10.6 Å². The van der Waals surface area contributed by atoms with Gasteiger partial charge in [-0.2, -0.15) is 0 Å². The molecule has 1 atom stereocenters. The molecule has 1 aliphatic rings. The predicted octanol–water partition coefficient (Wildman–Crippen LogP) is 2.26. The van der Waals surface area contributed by atoms with E-state index >= 15 is 0 Å². The molecule has 112 valence electrons. The fraction of sp³-hybridized carbons (Fsp3) is 0.533. The molecule has 2 rings (SSSR count). The van der Waals surface area contributed by atoms with Gasteiger partial charge in [-0.05, 0) is 39.3 Å². The van der Waals surface area contributed by atoms with Crippen molar-refractivity contribution in [3.05, 3.63) is 29.8 Å². The van der Waals surface area contributed by atoms with Crippen molar-refractivity contribution in [3.8, 4) is 5.75 Å². The molecule has 1 unspecified atom stereocenters. The van der Waals surface area contributed by atoms with Crippen molar-refractivity contribution in [3.63, 3.8) is 0 Å². The van der Waals surface area contributed by atoms with Gasteiger partial charge in [-0.15, -0.1) is 12.4 Å². The third kappa shape index (κ3) is 4.69. The maximum Gasteiger partial charge on any atom is 0.237 e. The van der Waals surface area contributed by atoms with Gasteiger partial charge in [0.15, 0.2) is 0 Å². The Balaban J connectivity index is 0.00000200. The molecule has 0 aliphatic carbocycles. The summed E-state index contributed by atoms with van der Waals surface area (Å²) in [6, 6.07) is 7.80. The standard InChI is InChI=1S/C15H22N2O2.ClH/c1-11(2)19-14-8-4-3-6-12(14)10-17-15(18)13-7-5-9-16-13;/h3-4,6,8,11,13,16H,5,7,9-10H2,1-2H3,(H,17,18);1H. The molecule has 1 aliphatic heterocycles. The summed E-state index contributed by atoms with van der Waals surface area (Å²) >= 11 is 0. The van der Waals surface area contributed by atoms with Gasteiger partial charge in [0.25, 0.3) is 0 Å². The van der Waals surface area contributed by atoms with Gasteiger partial charge in [0, 0.05) is 12.1 Å². The fourth-order valence-electron chi connectivity index (χ4n) is 2.23. The minimum absolute atomic E-state index is 0. The molecule has 1 aromatic rings. The van der Waals surface area contributed by atoms with Crippen LogP contribution in [0.15, 0.2) is 24.3 Å². The predicted molar refractivity (Wildman–Crippen MR) is 82.3 cm³/mol. The van der Waals surface area contributed by atoms with E-state index in [1.165, 1.54) is 0 Å². The molecule has 20 heavy (non-hydrogen) atoms. The van der Waals surface area contributed by atoms with E-state index in [9.17, 15) is 4.79 Å². The van der Waals surface area contributed by atoms with Crippen molar-refractivity contribution >= 4 is 18.3 Å². The summed E-state index contributed by atoms with van der Waals surface area (Å²) in [6.07, 6.45) is 2.13. The molecule has 0 saturated carbocycles. The second kappa shape index (κ2) is 8.12. The van der Waals surface area contributed by atoms with Gasteiger partial charge in [-0.1, -0.05) is 18.2 Å². The molecule has 5 heteroatoms. The Bertz CT molecular complexity index is 432. The van der Waals surface area contributed by atoms with E-state index in [0.29, 0.717) is 6.54 Å². The lowest BCUT2D eigenvalue weighted by atomic mass is 10.1. The molecule has 0 radical (unpaired) electrons. The van der Waals surface area contributed by atoms with Gasteiger partial charge < -0.3 is 15.4 Å². The van der Waals surface area contributed by atoms with Gasteiger partial charge in [-0.3, -0.25) is 4.79 Å². The van der Waals surface area contributed by atoms with Gasteiger partial charge in [0.1, 0.15) is 5.75 Å². The Labute approximate surface area is 126 Å². The number of halogens is 1. The quantitative estimate of drug-likeness (QED) is 0.877. The van der Waals surface area contributed by atoms with E-state index in [2.05, 4.69) is 10.6 Å². The van der Waals surface area contributed by atoms with Gasteiger partial charge in [-0.25, -0.2) is 0 Å². The third-order valence-electron chi connectivity index (χ3n) is 3.17. The lowest BCUT2D eigenvalue weighted by Crippen LogP contribution is -2.40. The van der Waals surface area contributed by atoms with Crippen LogP contribution in [-0.4, -0.2) is 24.6 Å². The van der Waals surface area contributed by atoms with Crippen LogP contribution in [0.2, 0.25) is 0 Å². The number of para-hydroxylation sites is 1. The number of carbonyl (C=O) groups excluding carboxylic acids is 1. The number of hydrogen-bond acceptors (Lipinski definition) is 3. The number of amides is 1. The van der Waals surface area contributed by atoms with E-state index in [-0.39, 0.29) is 30.5 Å². The van der Waals surface area contributed by atoms with Crippen LogP contribution in [0.25, 0.3) is 0 Å². The largest absolute Gasteiger partial charge is 0.491 e. The van der Waals surface area contributed by atoms with Crippen molar-refractivity contribution < 1.29 is 9.53 Å². The minimum Gasteiger partial charge on any atom is -0.491 e.